The van der Waals surface area contributed by atoms with Crippen LogP contribution in [0.25, 0.3) is 21.0 Å². The van der Waals surface area contributed by atoms with Gasteiger partial charge in [-0.3, -0.25) is 4.79 Å². The second-order valence-electron chi connectivity index (χ2n) is 5.79. The number of anilines is 1. The fourth-order valence-corrected chi connectivity index (χ4v) is 3.43. The van der Waals surface area contributed by atoms with E-state index in [0.29, 0.717) is 10.8 Å². The molecule has 2 aromatic heterocycles. The molecule has 2 heterocycles. The molecule has 0 saturated heterocycles. The lowest BCUT2D eigenvalue weighted by molar-refractivity contribution is -0.119. The lowest BCUT2D eigenvalue weighted by Crippen LogP contribution is -2.20. The number of para-hydroxylation sites is 1. The molecule has 0 aliphatic heterocycles. The summed E-state index contributed by atoms with van der Waals surface area (Å²) in [6.45, 7) is -0.521. The van der Waals surface area contributed by atoms with Crippen LogP contribution in [0.4, 0.5) is 10.1 Å². The van der Waals surface area contributed by atoms with Gasteiger partial charge in [-0.05, 0) is 42.5 Å². The third-order valence-corrected chi connectivity index (χ3v) is 4.81. The Kier molecular flexibility index (Phi) is 4.86. The second kappa shape index (κ2) is 7.61. The van der Waals surface area contributed by atoms with Gasteiger partial charge in [-0.15, -0.1) is 11.3 Å². The summed E-state index contributed by atoms with van der Waals surface area (Å²) in [6, 6.07) is 16.2. The number of furan rings is 1. The lowest BCUT2D eigenvalue weighted by atomic mass is 10.3. The van der Waals surface area contributed by atoms with Gasteiger partial charge in [0.2, 0.25) is 5.76 Å². The molecule has 6 nitrogen and oxygen atoms in total. The zero-order chi connectivity index (χ0) is 19.5. The van der Waals surface area contributed by atoms with Gasteiger partial charge >= 0.3 is 5.97 Å². The molecule has 140 valence electrons. The van der Waals surface area contributed by atoms with Gasteiger partial charge in [0.15, 0.2) is 17.4 Å². The Labute approximate surface area is 162 Å². The van der Waals surface area contributed by atoms with Gasteiger partial charge in [0.05, 0.1) is 10.2 Å². The first-order valence-corrected chi connectivity index (χ1v) is 9.08. The minimum Gasteiger partial charge on any atom is -0.450 e. The third kappa shape index (κ3) is 3.91. The maximum absolute atomic E-state index is 13.1. The number of carbonyl (C=O) groups is 2. The zero-order valence-electron chi connectivity index (χ0n) is 14.3. The number of benzene rings is 2. The van der Waals surface area contributed by atoms with Gasteiger partial charge in [0.25, 0.3) is 5.91 Å². The molecule has 2 aromatic carbocycles. The molecular weight excluding hydrogens is 383 g/mol. The summed E-state index contributed by atoms with van der Waals surface area (Å²) in [5, 5.41) is 3.08. The smallest absolute Gasteiger partial charge is 0.374 e. The molecule has 0 atom stereocenters. The maximum Gasteiger partial charge on any atom is 0.374 e. The van der Waals surface area contributed by atoms with Crippen molar-refractivity contribution in [2.75, 3.05) is 11.9 Å². The van der Waals surface area contributed by atoms with E-state index in [2.05, 4.69) is 10.3 Å². The first-order valence-electron chi connectivity index (χ1n) is 8.27. The zero-order valence-corrected chi connectivity index (χ0v) is 15.2. The van der Waals surface area contributed by atoms with E-state index in [1.54, 1.807) is 6.07 Å². The predicted octanol–water partition coefficient (Wildman–Crippen LogP) is 4.49. The summed E-state index contributed by atoms with van der Waals surface area (Å²) in [4.78, 5) is 28.4. The van der Waals surface area contributed by atoms with Crippen LogP contribution in [-0.2, 0) is 9.53 Å². The van der Waals surface area contributed by atoms with Crippen molar-refractivity contribution < 1.29 is 23.1 Å². The number of aromatic nitrogens is 1. The quantitative estimate of drug-likeness (QED) is 0.503. The summed E-state index contributed by atoms with van der Waals surface area (Å²) in [7, 11) is 0. The number of nitrogens with one attached hydrogen (secondary N) is 1. The van der Waals surface area contributed by atoms with Crippen LogP contribution in [-0.4, -0.2) is 23.5 Å². The highest BCUT2D eigenvalue weighted by Gasteiger charge is 2.17. The molecule has 0 aliphatic carbocycles. The minimum atomic E-state index is -0.776. The predicted molar refractivity (Wildman–Crippen MR) is 103 cm³/mol. The first kappa shape index (κ1) is 17.9. The van der Waals surface area contributed by atoms with E-state index in [9.17, 15) is 14.0 Å². The van der Waals surface area contributed by atoms with E-state index in [1.165, 1.54) is 35.6 Å². The Bertz CT molecular complexity index is 1130. The molecule has 0 fully saturated rings. The molecule has 0 aliphatic rings. The average Bonchev–Trinajstić information content (AvgIpc) is 3.33. The number of hydrogen-bond acceptors (Lipinski definition) is 6. The normalized spacial score (nSPS) is 10.8. The van der Waals surface area contributed by atoms with Gasteiger partial charge in [-0.2, -0.15) is 0 Å². The van der Waals surface area contributed by atoms with Crippen molar-refractivity contribution in [3.8, 4) is 10.8 Å². The van der Waals surface area contributed by atoms with Crippen LogP contribution in [0.1, 0.15) is 10.6 Å². The van der Waals surface area contributed by atoms with Gasteiger partial charge in [-0.1, -0.05) is 18.2 Å². The topological polar surface area (TPSA) is 81.4 Å². The Balaban J connectivity index is 1.38. The second-order valence-corrected chi connectivity index (χ2v) is 6.82. The van der Waals surface area contributed by atoms with E-state index in [1.807, 2.05) is 24.3 Å². The molecular formula is C20H13FN2O4S. The molecule has 8 heteroatoms. The van der Waals surface area contributed by atoms with Crippen LogP contribution in [0, 0.1) is 5.82 Å². The van der Waals surface area contributed by atoms with Crippen molar-refractivity contribution >= 4 is 39.1 Å². The van der Waals surface area contributed by atoms with Crippen LogP contribution in [0.15, 0.2) is 65.1 Å². The van der Waals surface area contributed by atoms with Crippen molar-refractivity contribution in [3.63, 3.8) is 0 Å². The summed E-state index contributed by atoms with van der Waals surface area (Å²) >= 11 is 1.44. The number of halogens is 1. The molecule has 1 amide bonds. The van der Waals surface area contributed by atoms with Crippen LogP contribution >= 0.6 is 11.3 Å². The number of fused-ring (bicyclic) bond motifs is 1. The average molecular weight is 396 g/mol. The molecule has 0 bridgehead atoms. The van der Waals surface area contributed by atoms with Crippen molar-refractivity contribution in [1.29, 1.82) is 0 Å². The van der Waals surface area contributed by atoms with Gasteiger partial charge < -0.3 is 14.5 Å². The Morgan fingerprint density at radius 2 is 1.96 bits per heavy atom. The fraction of sp³-hybridized carbons (Fsp3) is 0.0500. The van der Waals surface area contributed by atoms with Gasteiger partial charge in [-0.25, -0.2) is 14.2 Å². The number of esters is 1. The van der Waals surface area contributed by atoms with E-state index in [4.69, 9.17) is 9.15 Å². The Hall–Kier alpha value is -3.52. The molecule has 0 unspecified atom stereocenters. The molecule has 0 radical (unpaired) electrons. The molecule has 4 aromatic rings. The highest BCUT2D eigenvalue weighted by molar-refractivity contribution is 7.21. The highest BCUT2D eigenvalue weighted by atomic mass is 32.1. The third-order valence-electron chi connectivity index (χ3n) is 3.75. The van der Waals surface area contributed by atoms with Gasteiger partial charge in [0, 0.05) is 5.69 Å². The van der Waals surface area contributed by atoms with Crippen molar-refractivity contribution in [3.05, 3.63) is 72.2 Å². The summed E-state index contributed by atoms with van der Waals surface area (Å²) in [5.41, 5.74) is 1.12. The van der Waals surface area contributed by atoms with Crippen molar-refractivity contribution in [2.45, 2.75) is 0 Å². The van der Waals surface area contributed by atoms with Crippen molar-refractivity contribution in [2.24, 2.45) is 0 Å². The molecule has 0 saturated carbocycles. The molecule has 4 rings (SSSR count). The highest BCUT2D eigenvalue weighted by Crippen LogP contribution is 2.31. The van der Waals surface area contributed by atoms with Gasteiger partial charge in [0.1, 0.15) is 5.82 Å². The summed E-state index contributed by atoms with van der Waals surface area (Å²) in [6.07, 6.45) is 0. The van der Waals surface area contributed by atoms with E-state index >= 15 is 0 Å². The number of hydrogen-bond donors (Lipinski definition) is 1. The largest absolute Gasteiger partial charge is 0.450 e. The van der Waals surface area contributed by atoms with E-state index < -0.39 is 24.3 Å². The number of thiazole rings is 1. The van der Waals surface area contributed by atoms with E-state index in [-0.39, 0.29) is 11.4 Å². The lowest BCUT2D eigenvalue weighted by Gasteiger charge is -2.05. The van der Waals surface area contributed by atoms with Crippen LogP contribution < -0.4 is 5.32 Å². The first-order chi connectivity index (χ1) is 13.6. The number of rotatable bonds is 5. The standard InChI is InChI=1S/C20H13FN2O4S/c21-12-4-3-5-13(10-12)22-18(24)11-26-20(25)16-9-8-15(27-16)19-23-14-6-1-2-7-17(14)28-19/h1-10H,11H2,(H,22,24). The van der Waals surface area contributed by atoms with Crippen LogP contribution in [0.3, 0.4) is 0 Å². The Morgan fingerprint density at radius 1 is 1.11 bits per heavy atom. The number of amides is 1. The van der Waals surface area contributed by atoms with Crippen molar-refractivity contribution in [1.82, 2.24) is 4.98 Å². The maximum atomic E-state index is 13.1. The molecule has 28 heavy (non-hydrogen) atoms. The van der Waals surface area contributed by atoms with Crippen LogP contribution in [0.5, 0.6) is 0 Å². The van der Waals surface area contributed by atoms with Crippen LogP contribution in [0.2, 0.25) is 0 Å². The number of carbonyl (C=O) groups excluding carboxylic acids is 2. The van der Waals surface area contributed by atoms with E-state index in [0.717, 1.165) is 16.3 Å². The molecule has 1 N–H and O–H groups in total. The SMILES string of the molecule is O=C(COC(=O)c1ccc(-c2nc3ccccc3s2)o1)Nc1cccc(F)c1. The minimum absolute atomic E-state index is 0.0344. The number of ether oxygens (including phenoxy) is 1. The monoisotopic (exact) mass is 396 g/mol. The Morgan fingerprint density at radius 3 is 2.79 bits per heavy atom. The fourth-order valence-electron chi connectivity index (χ4n) is 2.51. The summed E-state index contributed by atoms with van der Waals surface area (Å²) in [5.74, 6) is -1.43. The number of nitrogens with zero attached hydrogens (tertiary/aromatic N) is 1. The molecule has 0 spiro atoms. The summed E-state index contributed by atoms with van der Waals surface area (Å²) < 4.78 is 24.6.